The molecule has 0 aromatic carbocycles. The number of anilines is 1. The number of carbonyl (C=O) groups is 1. The number of amides is 1. The van der Waals surface area contributed by atoms with Gasteiger partial charge in [0.25, 0.3) is 0 Å². The van der Waals surface area contributed by atoms with Gasteiger partial charge in [-0.2, -0.15) is 5.10 Å². The Morgan fingerprint density at radius 3 is 2.61 bits per heavy atom. The average molecular weight is 337 g/mol. The third-order valence-electron chi connectivity index (χ3n) is 2.93. The zero-order valence-corrected chi connectivity index (χ0v) is 14.7. The van der Waals surface area contributed by atoms with Crippen molar-refractivity contribution < 1.29 is 9.53 Å². The molecule has 0 aliphatic heterocycles. The maximum Gasteiger partial charge on any atom is 0.415 e. The molecular formula is C16H21ClN4O2. The standard InChI is InChI=1S/C16H21ClN4O2/c1-11(2)21(15(22)23-16(3,4)5)13-10-20(19-14(13)17)12-7-6-8-18-9-12/h6-11H,1-5H3. The summed E-state index contributed by atoms with van der Waals surface area (Å²) in [6.45, 7) is 9.25. The van der Waals surface area contributed by atoms with Gasteiger partial charge in [-0.25, -0.2) is 9.48 Å². The van der Waals surface area contributed by atoms with E-state index in [-0.39, 0.29) is 11.2 Å². The first-order valence-electron chi connectivity index (χ1n) is 7.37. The lowest BCUT2D eigenvalue weighted by molar-refractivity contribution is 0.0570. The summed E-state index contributed by atoms with van der Waals surface area (Å²) in [6, 6.07) is 3.53. The highest BCUT2D eigenvalue weighted by molar-refractivity contribution is 6.32. The van der Waals surface area contributed by atoms with Gasteiger partial charge < -0.3 is 4.74 Å². The third-order valence-corrected chi connectivity index (χ3v) is 3.20. The Hall–Kier alpha value is -2.08. The fraction of sp³-hybridized carbons (Fsp3) is 0.438. The summed E-state index contributed by atoms with van der Waals surface area (Å²) < 4.78 is 7.05. The van der Waals surface area contributed by atoms with E-state index in [9.17, 15) is 4.79 Å². The Balaban J connectivity index is 2.37. The molecule has 0 fully saturated rings. The molecule has 0 aliphatic carbocycles. The van der Waals surface area contributed by atoms with E-state index in [0.717, 1.165) is 5.69 Å². The summed E-state index contributed by atoms with van der Waals surface area (Å²) in [5.74, 6) is 0. The van der Waals surface area contributed by atoms with Gasteiger partial charge in [0, 0.05) is 12.2 Å². The molecule has 1 amide bonds. The van der Waals surface area contributed by atoms with Crippen LogP contribution in [0.4, 0.5) is 10.5 Å². The minimum absolute atomic E-state index is 0.131. The van der Waals surface area contributed by atoms with E-state index >= 15 is 0 Å². The number of pyridine rings is 1. The quantitative estimate of drug-likeness (QED) is 0.847. The molecule has 2 aromatic rings. The molecule has 0 unspecified atom stereocenters. The number of aromatic nitrogens is 3. The number of nitrogens with zero attached hydrogens (tertiary/aromatic N) is 4. The van der Waals surface area contributed by atoms with E-state index in [1.807, 2.05) is 40.7 Å². The molecule has 0 saturated heterocycles. The van der Waals surface area contributed by atoms with E-state index in [1.54, 1.807) is 29.3 Å². The van der Waals surface area contributed by atoms with Crippen molar-refractivity contribution in [3.8, 4) is 5.69 Å². The second-order valence-electron chi connectivity index (χ2n) is 6.41. The lowest BCUT2D eigenvalue weighted by Gasteiger charge is -2.29. The molecule has 2 aromatic heterocycles. The van der Waals surface area contributed by atoms with Crippen molar-refractivity contribution in [2.45, 2.75) is 46.3 Å². The molecule has 23 heavy (non-hydrogen) atoms. The monoisotopic (exact) mass is 336 g/mol. The van der Waals surface area contributed by atoms with Crippen molar-refractivity contribution in [3.05, 3.63) is 35.9 Å². The minimum Gasteiger partial charge on any atom is -0.443 e. The van der Waals surface area contributed by atoms with E-state index in [0.29, 0.717) is 5.69 Å². The predicted octanol–water partition coefficient (Wildman–Crippen LogP) is 4.07. The molecule has 0 N–H and O–H groups in total. The first-order chi connectivity index (χ1) is 10.7. The summed E-state index contributed by atoms with van der Waals surface area (Å²) in [7, 11) is 0. The van der Waals surface area contributed by atoms with Gasteiger partial charge in [-0.05, 0) is 46.8 Å². The van der Waals surface area contributed by atoms with Gasteiger partial charge in [0.1, 0.15) is 11.3 Å². The van der Waals surface area contributed by atoms with Crippen LogP contribution >= 0.6 is 11.6 Å². The zero-order chi connectivity index (χ0) is 17.2. The van der Waals surface area contributed by atoms with Crippen LogP contribution in [0.3, 0.4) is 0 Å². The lowest BCUT2D eigenvalue weighted by atomic mass is 10.2. The lowest BCUT2D eigenvalue weighted by Crippen LogP contribution is -2.41. The van der Waals surface area contributed by atoms with Crippen LogP contribution in [0.1, 0.15) is 34.6 Å². The van der Waals surface area contributed by atoms with Crippen LogP contribution in [-0.4, -0.2) is 32.5 Å². The molecule has 0 radical (unpaired) electrons. The van der Waals surface area contributed by atoms with E-state index in [4.69, 9.17) is 16.3 Å². The average Bonchev–Trinajstić information content (AvgIpc) is 2.79. The van der Waals surface area contributed by atoms with Crippen molar-refractivity contribution >= 4 is 23.4 Å². The van der Waals surface area contributed by atoms with Gasteiger partial charge in [0.15, 0.2) is 5.15 Å². The molecule has 0 aliphatic rings. The van der Waals surface area contributed by atoms with Gasteiger partial charge in [-0.3, -0.25) is 9.88 Å². The Kier molecular flexibility index (Phi) is 4.94. The normalized spacial score (nSPS) is 11.6. The van der Waals surface area contributed by atoms with Crippen molar-refractivity contribution in [1.82, 2.24) is 14.8 Å². The van der Waals surface area contributed by atoms with Crippen LogP contribution < -0.4 is 4.90 Å². The van der Waals surface area contributed by atoms with Crippen LogP contribution in [0.15, 0.2) is 30.7 Å². The molecule has 124 valence electrons. The largest absolute Gasteiger partial charge is 0.443 e. The fourth-order valence-corrected chi connectivity index (χ4v) is 2.25. The molecule has 2 heterocycles. The minimum atomic E-state index is -0.587. The van der Waals surface area contributed by atoms with Crippen LogP contribution in [0, 0.1) is 0 Å². The Morgan fingerprint density at radius 2 is 2.09 bits per heavy atom. The maximum absolute atomic E-state index is 12.5. The molecule has 2 rings (SSSR count). The Morgan fingerprint density at radius 1 is 1.39 bits per heavy atom. The van der Waals surface area contributed by atoms with Crippen molar-refractivity contribution in [1.29, 1.82) is 0 Å². The highest BCUT2D eigenvalue weighted by Crippen LogP contribution is 2.29. The Bertz CT molecular complexity index is 677. The second-order valence-corrected chi connectivity index (χ2v) is 6.76. The van der Waals surface area contributed by atoms with E-state index < -0.39 is 11.7 Å². The van der Waals surface area contributed by atoms with Crippen LogP contribution in [0.2, 0.25) is 5.15 Å². The number of halogens is 1. The van der Waals surface area contributed by atoms with Gasteiger partial charge in [0.2, 0.25) is 0 Å². The number of hydrogen-bond acceptors (Lipinski definition) is 4. The van der Waals surface area contributed by atoms with Gasteiger partial charge >= 0.3 is 6.09 Å². The van der Waals surface area contributed by atoms with Crippen molar-refractivity contribution in [2.75, 3.05) is 4.90 Å². The second kappa shape index (κ2) is 6.58. The van der Waals surface area contributed by atoms with Gasteiger partial charge in [-0.15, -0.1) is 0 Å². The first kappa shape index (κ1) is 17.3. The zero-order valence-electron chi connectivity index (χ0n) is 13.9. The van der Waals surface area contributed by atoms with E-state index in [2.05, 4.69) is 10.1 Å². The van der Waals surface area contributed by atoms with Crippen molar-refractivity contribution in [3.63, 3.8) is 0 Å². The molecule has 0 atom stereocenters. The van der Waals surface area contributed by atoms with Crippen LogP contribution in [-0.2, 0) is 4.74 Å². The molecule has 0 bridgehead atoms. The number of carbonyl (C=O) groups excluding carboxylic acids is 1. The highest BCUT2D eigenvalue weighted by Gasteiger charge is 2.28. The molecule has 0 saturated carbocycles. The number of ether oxygens (including phenoxy) is 1. The Labute approximate surface area is 141 Å². The number of hydrogen-bond donors (Lipinski definition) is 0. The summed E-state index contributed by atoms with van der Waals surface area (Å²) in [5, 5.41) is 4.49. The van der Waals surface area contributed by atoms with Gasteiger partial charge in [0.05, 0.1) is 18.1 Å². The summed E-state index contributed by atoms with van der Waals surface area (Å²) in [6.07, 6.45) is 4.58. The van der Waals surface area contributed by atoms with Crippen LogP contribution in [0.25, 0.3) is 5.69 Å². The fourth-order valence-electron chi connectivity index (χ4n) is 2.03. The smallest absolute Gasteiger partial charge is 0.415 e. The first-order valence-corrected chi connectivity index (χ1v) is 7.74. The van der Waals surface area contributed by atoms with Gasteiger partial charge in [-0.1, -0.05) is 11.6 Å². The summed E-state index contributed by atoms with van der Waals surface area (Å²) >= 11 is 6.25. The number of rotatable bonds is 3. The summed E-state index contributed by atoms with van der Waals surface area (Å²) in [4.78, 5) is 18.0. The molecule has 0 spiro atoms. The van der Waals surface area contributed by atoms with Crippen LogP contribution in [0.5, 0.6) is 0 Å². The maximum atomic E-state index is 12.5. The molecular weight excluding hydrogens is 316 g/mol. The SMILES string of the molecule is CC(C)N(C(=O)OC(C)(C)C)c1cn(-c2cccnc2)nc1Cl. The van der Waals surface area contributed by atoms with Crippen molar-refractivity contribution in [2.24, 2.45) is 0 Å². The highest BCUT2D eigenvalue weighted by atomic mass is 35.5. The molecule has 6 nitrogen and oxygen atoms in total. The molecule has 7 heteroatoms. The topological polar surface area (TPSA) is 60.2 Å². The van der Waals surface area contributed by atoms with E-state index in [1.165, 1.54) is 4.90 Å². The summed E-state index contributed by atoms with van der Waals surface area (Å²) in [5.41, 5.74) is 0.670. The third kappa shape index (κ3) is 4.22. The predicted molar refractivity (Wildman–Crippen MR) is 90.2 cm³/mol.